The van der Waals surface area contributed by atoms with Gasteiger partial charge in [-0.25, -0.2) is 4.98 Å². The van der Waals surface area contributed by atoms with E-state index in [9.17, 15) is 5.11 Å². The number of rotatable bonds is 2. The first-order valence-electron chi connectivity index (χ1n) is 5.90. The van der Waals surface area contributed by atoms with Crippen molar-refractivity contribution in [3.8, 4) is 0 Å². The number of aryl methyl sites for hydroxylation is 2. The molecule has 0 radical (unpaired) electrons. The summed E-state index contributed by atoms with van der Waals surface area (Å²) < 4.78 is 0. The zero-order valence-corrected chi connectivity index (χ0v) is 9.98. The molecule has 2 rings (SSSR count). The van der Waals surface area contributed by atoms with Crippen molar-refractivity contribution in [1.82, 2.24) is 9.97 Å². The minimum atomic E-state index is 0.203. The molecule has 0 aromatic carbocycles. The lowest BCUT2D eigenvalue weighted by molar-refractivity contribution is 0.239. The van der Waals surface area contributed by atoms with E-state index >= 15 is 0 Å². The Kier molecular flexibility index (Phi) is 3.39. The molecular formula is C12H19N3O. The van der Waals surface area contributed by atoms with Crippen LogP contribution in [0.3, 0.4) is 0 Å². The van der Waals surface area contributed by atoms with Gasteiger partial charge in [-0.1, -0.05) is 0 Å². The second-order valence-corrected chi connectivity index (χ2v) is 4.42. The van der Waals surface area contributed by atoms with Gasteiger partial charge < -0.3 is 10.0 Å². The van der Waals surface area contributed by atoms with Crippen LogP contribution in [0.4, 0.5) is 5.82 Å². The Morgan fingerprint density at radius 3 is 2.88 bits per heavy atom. The van der Waals surface area contributed by atoms with Gasteiger partial charge in [-0.15, -0.1) is 0 Å². The summed E-state index contributed by atoms with van der Waals surface area (Å²) >= 11 is 0. The van der Waals surface area contributed by atoms with Crippen molar-refractivity contribution in [1.29, 1.82) is 0 Å². The van der Waals surface area contributed by atoms with Gasteiger partial charge >= 0.3 is 0 Å². The first-order chi connectivity index (χ1) is 7.72. The van der Waals surface area contributed by atoms with Gasteiger partial charge in [0, 0.05) is 6.54 Å². The molecule has 1 aromatic rings. The summed E-state index contributed by atoms with van der Waals surface area (Å²) in [5.74, 6) is 0.904. The fourth-order valence-electron chi connectivity index (χ4n) is 2.16. The largest absolute Gasteiger partial charge is 0.394 e. The van der Waals surface area contributed by atoms with Crippen LogP contribution < -0.4 is 4.90 Å². The molecule has 1 saturated heterocycles. The SMILES string of the molecule is Cc1ncc(N2CCCCC2CO)nc1C. The monoisotopic (exact) mass is 221 g/mol. The molecule has 1 aromatic heterocycles. The van der Waals surface area contributed by atoms with Crippen molar-refractivity contribution in [3.05, 3.63) is 17.6 Å². The second-order valence-electron chi connectivity index (χ2n) is 4.42. The molecule has 0 aliphatic carbocycles. The Balaban J connectivity index is 2.23. The predicted molar refractivity (Wildman–Crippen MR) is 63.6 cm³/mol. The summed E-state index contributed by atoms with van der Waals surface area (Å²) in [5, 5.41) is 9.36. The van der Waals surface area contributed by atoms with Gasteiger partial charge in [0.1, 0.15) is 5.82 Å². The molecule has 2 heterocycles. The predicted octanol–water partition coefficient (Wildman–Crippen LogP) is 1.44. The zero-order chi connectivity index (χ0) is 11.5. The van der Waals surface area contributed by atoms with E-state index in [0.717, 1.165) is 30.2 Å². The van der Waals surface area contributed by atoms with Gasteiger partial charge in [-0.2, -0.15) is 0 Å². The van der Waals surface area contributed by atoms with Crippen LogP contribution in [0, 0.1) is 13.8 Å². The van der Waals surface area contributed by atoms with E-state index in [0.29, 0.717) is 0 Å². The van der Waals surface area contributed by atoms with Gasteiger partial charge in [0.15, 0.2) is 0 Å². The molecular weight excluding hydrogens is 202 g/mol. The number of hydrogen-bond acceptors (Lipinski definition) is 4. The molecule has 4 heteroatoms. The van der Waals surface area contributed by atoms with E-state index in [1.54, 1.807) is 0 Å². The van der Waals surface area contributed by atoms with Crippen LogP contribution in [0.2, 0.25) is 0 Å². The third-order valence-corrected chi connectivity index (χ3v) is 3.31. The molecule has 1 atom stereocenters. The fraction of sp³-hybridized carbons (Fsp3) is 0.667. The van der Waals surface area contributed by atoms with Crippen LogP contribution in [-0.4, -0.2) is 34.3 Å². The van der Waals surface area contributed by atoms with Crippen molar-refractivity contribution < 1.29 is 5.11 Å². The zero-order valence-electron chi connectivity index (χ0n) is 9.98. The molecule has 0 saturated carbocycles. The summed E-state index contributed by atoms with van der Waals surface area (Å²) in [6.45, 7) is 5.12. The summed E-state index contributed by atoms with van der Waals surface area (Å²) in [7, 11) is 0. The Morgan fingerprint density at radius 1 is 1.38 bits per heavy atom. The van der Waals surface area contributed by atoms with E-state index in [1.165, 1.54) is 12.8 Å². The highest BCUT2D eigenvalue weighted by Gasteiger charge is 2.23. The van der Waals surface area contributed by atoms with E-state index in [2.05, 4.69) is 14.9 Å². The van der Waals surface area contributed by atoms with Crippen molar-refractivity contribution in [2.45, 2.75) is 39.2 Å². The molecule has 0 bridgehead atoms. The summed E-state index contributed by atoms with van der Waals surface area (Å²) in [4.78, 5) is 11.1. The normalized spacial score (nSPS) is 21.2. The number of aromatic nitrogens is 2. The van der Waals surface area contributed by atoms with E-state index in [-0.39, 0.29) is 12.6 Å². The highest BCUT2D eigenvalue weighted by molar-refractivity contribution is 5.39. The van der Waals surface area contributed by atoms with Gasteiger partial charge in [0.25, 0.3) is 0 Å². The number of piperidine rings is 1. The van der Waals surface area contributed by atoms with Crippen molar-refractivity contribution in [3.63, 3.8) is 0 Å². The van der Waals surface area contributed by atoms with Gasteiger partial charge in [0.2, 0.25) is 0 Å². The van der Waals surface area contributed by atoms with Crippen LogP contribution in [0.5, 0.6) is 0 Å². The first-order valence-corrected chi connectivity index (χ1v) is 5.90. The molecule has 88 valence electrons. The minimum Gasteiger partial charge on any atom is -0.394 e. The lowest BCUT2D eigenvalue weighted by atomic mass is 10.0. The highest BCUT2D eigenvalue weighted by atomic mass is 16.3. The number of aliphatic hydroxyl groups excluding tert-OH is 1. The fourth-order valence-corrected chi connectivity index (χ4v) is 2.16. The Morgan fingerprint density at radius 2 is 2.19 bits per heavy atom. The summed E-state index contributed by atoms with van der Waals surface area (Å²) in [6, 6.07) is 0.213. The van der Waals surface area contributed by atoms with Crippen LogP contribution >= 0.6 is 0 Å². The molecule has 1 N–H and O–H groups in total. The molecule has 16 heavy (non-hydrogen) atoms. The van der Waals surface area contributed by atoms with Gasteiger partial charge in [-0.05, 0) is 33.1 Å². The molecule has 1 unspecified atom stereocenters. The van der Waals surface area contributed by atoms with Crippen LogP contribution in [0.1, 0.15) is 30.7 Å². The van der Waals surface area contributed by atoms with Gasteiger partial charge in [0.05, 0.1) is 30.2 Å². The maximum atomic E-state index is 9.36. The molecule has 0 spiro atoms. The second kappa shape index (κ2) is 4.78. The Bertz CT molecular complexity index is 367. The lowest BCUT2D eigenvalue weighted by Crippen LogP contribution is -2.42. The molecule has 0 amide bonds. The molecule has 1 fully saturated rings. The average Bonchev–Trinajstić information content (AvgIpc) is 2.32. The van der Waals surface area contributed by atoms with Crippen LogP contribution in [0.15, 0.2) is 6.20 Å². The number of hydrogen-bond donors (Lipinski definition) is 1. The lowest BCUT2D eigenvalue weighted by Gasteiger charge is -2.35. The number of nitrogens with zero attached hydrogens (tertiary/aromatic N) is 3. The van der Waals surface area contributed by atoms with E-state index < -0.39 is 0 Å². The van der Waals surface area contributed by atoms with Gasteiger partial charge in [-0.3, -0.25) is 4.98 Å². The minimum absolute atomic E-state index is 0.203. The molecule has 1 aliphatic heterocycles. The van der Waals surface area contributed by atoms with Crippen molar-refractivity contribution in [2.75, 3.05) is 18.1 Å². The van der Waals surface area contributed by atoms with Crippen molar-refractivity contribution in [2.24, 2.45) is 0 Å². The number of aliphatic hydroxyl groups is 1. The average molecular weight is 221 g/mol. The van der Waals surface area contributed by atoms with E-state index in [4.69, 9.17) is 0 Å². The van der Waals surface area contributed by atoms with E-state index in [1.807, 2.05) is 20.0 Å². The third-order valence-electron chi connectivity index (χ3n) is 3.31. The van der Waals surface area contributed by atoms with Crippen LogP contribution in [0.25, 0.3) is 0 Å². The molecule has 1 aliphatic rings. The smallest absolute Gasteiger partial charge is 0.147 e. The Hall–Kier alpha value is -1.16. The molecule has 4 nitrogen and oxygen atoms in total. The topological polar surface area (TPSA) is 49.2 Å². The summed E-state index contributed by atoms with van der Waals surface area (Å²) in [6.07, 6.45) is 5.23. The standard InChI is InChI=1S/C12H19N3O/c1-9-10(2)14-12(7-13-9)15-6-4-3-5-11(15)8-16/h7,11,16H,3-6,8H2,1-2H3. The first kappa shape index (κ1) is 11.3. The maximum absolute atomic E-state index is 9.36. The quantitative estimate of drug-likeness (QED) is 0.821. The highest BCUT2D eigenvalue weighted by Crippen LogP contribution is 2.22. The maximum Gasteiger partial charge on any atom is 0.147 e. The Labute approximate surface area is 96.3 Å². The van der Waals surface area contributed by atoms with Crippen LogP contribution in [-0.2, 0) is 0 Å². The third kappa shape index (κ3) is 2.16. The number of anilines is 1. The van der Waals surface area contributed by atoms with Crippen molar-refractivity contribution >= 4 is 5.82 Å². The summed E-state index contributed by atoms with van der Waals surface area (Å²) in [5.41, 5.74) is 1.95.